The fourth-order valence-corrected chi connectivity index (χ4v) is 5.50. The number of hydrogen-bond acceptors (Lipinski definition) is 3. The largest absolute Gasteiger partial charge is 0.507 e. The number of likely N-dealkylation sites (tertiary alicyclic amines) is 1. The van der Waals surface area contributed by atoms with Gasteiger partial charge in [0.25, 0.3) is 11.7 Å². The molecule has 0 aliphatic carbocycles. The van der Waals surface area contributed by atoms with Crippen molar-refractivity contribution in [1.29, 1.82) is 0 Å². The van der Waals surface area contributed by atoms with E-state index in [2.05, 4.69) is 6.92 Å². The van der Waals surface area contributed by atoms with Crippen LogP contribution >= 0.6 is 11.6 Å². The molecule has 0 aromatic heterocycles. The van der Waals surface area contributed by atoms with Gasteiger partial charge in [-0.1, -0.05) is 120 Å². The average Bonchev–Trinajstić information content (AvgIpc) is 3.18. The maximum atomic E-state index is 14.9. The van der Waals surface area contributed by atoms with Crippen molar-refractivity contribution in [1.82, 2.24) is 4.90 Å². The number of Topliss-reactive ketones (excluding diaryl/α,β-unsaturated/α-hetero) is 1. The quantitative estimate of drug-likeness (QED) is 0.0915. The number of aliphatic hydroxyl groups is 1. The van der Waals surface area contributed by atoms with Crippen LogP contribution < -0.4 is 0 Å². The second-order valence-corrected chi connectivity index (χ2v) is 11.1. The third kappa shape index (κ3) is 8.93. The predicted octanol–water partition coefficient (Wildman–Crippen LogP) is 9.38. The Hall–Kier alpha value is -2.66. The van der Waals surface area contributed by atoms with E-state index in [9.17, 15) is 19.1 Å². The molecule has 1 saturated heterocycles. The van der Waals surface area contributed by atoms with E-state index in [1.165, 1.54) is 75.2 Å². The number of hydrogen-bond donors (Lipinski definition) is 1. The lowest BCUT2D eigenvalue weighted by Crippen LogP contribution is -2.31. The van der Waals surface area contributed by atoms with Gasteiger partial charge in [-0.15, -0.1) is 0 Å². The van der Waals surface area contributed by atoms with Gasteiger partial charge in [-0.05, 0) is 36.8 Å². The van der Waals surface area contributed by atoms with Crippen molar-refractivity contribution in [2.45, 2.75) is 103 Å². The molecule has 1 amide bonds. The second kappa shape index (κ2) is 16.4. The third-order valence-electron chi connectivity index (χ3n) is 7.61. The molecule has 3 rings (SSSR count). The highest BCUT2D eigenvalue weighted by Crippen LogP contribution is 2.40. The van der Waals surface area contributed by atoms with Crippen LogP contribution in [0.2, 0.25) is 5.02 Å². The lowest BCUT2D eigenvalue weighted by atomic mass is 9.95. The number of carbonyl (C=O) groups is 2. The van der Waals surface area contributed by atoms with Crippen LogP contribution in [-0.2, 0) is 9.59 Å². The highest BCUT2D eigenvalue weighted by Gasteiger charge is 2.46. The highest BCUT2D eigenvalue weighted by atomic mass is 35.5. The van der Waals surface area contributed by atoms with Gasteiger partial charge in [-0.25, -0.2) is 4.39 Å². The summed E-state index contributed by atoms with van der Waals surface area (Å²) in [6, 6.07) is 11.5. The minimum Gasteiger partial charge on any atom is -0.507 e. The lowest BCUT2D eigenvalue weighted by Gasteiger charge is -2.25. The molecule has 212 valence electrons. The standard InChI is InChI=1S/C33H43ClFNO3/c1-2-3-4-5-6-7-8-9-10-11-12-13-14-17-24-36-30(27-18-15-16-19-28(27)35)29(32(38)33(36)39)31(37)25-20-22-26(34)23-21-25/h15-16,18-23,30,37H,2-14,17,24H2,1H3. The zero-order chi connectivity index (χ0) is 28.0. The average molecular weight is 556 g/mol. The van der Waals surface area contributed by atoms with Crippen LogP contribution in [0.1, 0.15) is 114 Å². The molecule has 6 heteroatoms. The van der Waals surface area contributed by atoms with E-state index in [4.69, 9.17) is 11.6 Å². The van der Waals surface area contributed by atoms with E-state index in [-0.39, 0.29) is 16.9 Å². The Kier molecular flexibility index (Phi) is 13.0. The maximum Gasteiger partial charge on any atom is 0.295 e. The van der Waals surface area contributed by atoms with Crippen LogP contribution in [-0.4, -0.2) is 28.2 Å². The van der Waals surface area contributed by atoms with Gasteiger partial charge >= 0.3 is 0 Å². The zero-order valence-electron chi connectivity index (χ0n) is 23.3. The van der Waals surface area contributed by atoms with Gasteiger partial charge in [0.05, 0.1) is 11.6 Å². The van der Waals surface area contributed by atoms with Gasteiger partial charge in [0.15, 0.2) is 0 Å². The summed E-state index contributed by atoms with van der Waals surface area (Å²) in [5, 5.41) is 11.5. The van der Waals surface area contributed by atoms with E-state index < -0.39 is 23.5 Å². The molecule has 0 radical (unpaired) electrons. The minimum absolute atomic E-state index is 0.0854. The van der Waals surface area contributed by atoms with Crippen LogP contribution in [0.15, 0.2) is 54.1 Å². The van der Waals surface area contributed by atoms with E-state index >= 15 is 0 Å². The van der Waals surface area contributed by atoms with Gasteiger partial charge in [-0.3, -0.25) is 9.59 Å². The molecule has 0 saturated carbocycles. The number of aliphatic hydroxyl groups excluding tert-OH is 1. The van der Waals surface area contributed by atoms with E-state index in [1.54, 1.807) is 42.5 Å². The summed E-state index contributed by atoms with van der Waals surface area (Å²) in [6.45, 7) is 2.58. The molecule has 0 spiro atoms. The van der Waals surface area contributed by atoms with Crippen molar-refractivity contribution in [2.75, 3.05) is 6.54 Å². The molecule has 1 fully saturated rings. The zero-order valence-corrected chi connectivity index (χ0v) is 24.0. The Balaban J connectivity index is 1.54. The monoisotopic (exact) mass is 555 g/mol. The van der Waals surface area contributed by atoms with Gasteiger partial charge in [0.1, 0.15) is 11.6 Å². The van der Waals surface area contributed by atoms with E-state index in [0.717, 1.165) is 25.7 Å². The number of amides is 1. The molecular weight excluding hydrogens is 513 g/mol. The van der Waals surface area contributed by atoms with Crippen molar-refractivity contribution >= 4 is 29.1 Å². The van der Waals surface area contributed by atoms with Crippen LogP contribution in [0.25, 0.3) is 5.76 Å². The number of nitrogens with zero attached hydrogens (tertiary/aromatic N) is 1. The number of ketones is 1. The third-order valence-corrected chi connectivity index (χ3v) is 7.86. The Bertz CT molecular complexity index is 1100. The smallest absolute Gasteiger partial charge is 0.295 e. The van der Waals surface area contributed by atoms with Crippen LogP contribution in [0, 0.1) is 5.82 Å². The van der Waals surface area contributed by atoms with Crippen molar-refractivity contribution in [3.63, 3.8) is 0 Å². The summed E-state index contributed by atoms with van der Waals surface area (Å²) in [5.74, 6) is -2.33. The first kappa shape index (κ1) is 30.9. The van der Waals surface area contributed by atoms with Crippen molar-refractivity contribution in [2.24, 2.45) is 0 Å². The fraction of sp³-hybridized carbons (Fsp3) is 0.515. The molecule has 1 aliphatic heterocycles. The minimum atomic E-state index is -0.969. The highest BCUT2D eigenvalue weighted by molar-refractivity contribution is 6.46. The number of halogens is 2. The summed E-state index contributed by atoms with van der Waals surface area (Å²) in [4.78, 5) is 27.6. The molecule has 4 nitrogen and oxygen atoms in total. The molecule has 1 unspecified atom stereocenters. The maximum absolute atomic E-state index is 14.9. The molecule has 39 heavy (non-hydrogen) atoms. The molecule has 0 bridgehead atoms. The molecule has 1 heterocycles. The first-order valence-corrected chi connectivity index (χ1v) is 15.1. The summed E-state index contributed by atoms with van der Waals surface area (Å²) in [6.07, 6.45) is 17.1. The summed E-state index contributed by atoms with van der Waals surface area (Å²) < 4.78 is 14.9. The molecule has 1 N–H and O–H groups in total. The summed E-state index contributed by atoms with van der Waals surface area (Å²) in [7, 11) is 0. The van der Waals surface area contributed by atoms with Gasteiger partial charge in [0, 0.05) is 22.7 Å². The summed E-state index contributed by atoms with van der Waals surface area (Å²) in [5.41, 5.74) is 0.477. The normalized spacial score (nSPS) is 16.8. The number of benzene rings is 2. The van der Waals surface area contributed by atoms with Crippen molar-refractivity contribution in [3.05, 3.63) is 76.1 Å². The lowest BCUT2D eigenvalue weighted by molar-refractivity contribution is -0.140. The van der Waals surface area contributed by atoms with Gasteiger partial charge in [0.2, 0.25) is 0 Å². The number of carbonyl (C=O) groups excluding carboxylic acids is 2. The molecule has 2 aromatic rings. The first-order chi connectivity index (χ1) is 19.0. The van der Waals surface area contributed by atoms with Crippen molar-refractivity contribution in [3.8, 4) is 0 Å². The van der Waals surface area contributed by atoms with E-state index in [1.807, 2.05) is 0 Å². The SMILES string of the molecule is CCCCCCCCCCCCCCCCN1C(=O)C(=O)C(=C(O)c2ccc(Cl)cc2)C1c1ccccc1F. The van der Waals surface area contributed by atoms with Crippen LogP contribution in [0.4, 0.5) is 4.39 Å². The molecular formula is C33H43ClFNO3. The predicted molar refractivity (Wildman–Crippen MR) is 157 cm³/mol. The second-order valence-electron chi connectivity index (χ2n) is 10.6. The van der Waals surface area contributed by atoms with Crippen molar-refractivity contribution < 1.29 is 19.1 Å². The Morgan fingerprint density at radius 2 is 1.31 bits per heavy atom. The Morgan fingerprint density at radius 3 is 1.85 bits per heavy atom. The Morgan fingerprint density at radius 1 is 0.795 bits per heavy atom. The summed E-state index contributed by atoms with van der Waals surface area (Å²) >= 11 is 5.97. The number of rotatable bonds is 17. The number of unbranched alkanes of at least 4 members (excludes halogenated alkanes) is 13. The topological polar surface area (TPSA) is 57.6 Å². The molecule has 1 atom stereocenters. The fourth-order valence-electron chi connectivity index (χ4n) is 5.37. The van der Waals surface area contributed by atoms with Crippen LogP contribution in [0.3, 0.4) is 0 Å². The molecule has 2 aromatic carbocycles. The van der Waals surface area contributed by atoms with Crippen LogP contribution in [0.5, 0.6) is 0 Å². The Labute approximate surface area is 238 Å². The van der Waals surface area contributed by atoms with Gasteiger partial charge in [-0.2, -0.15) is 0 Å². The molecule has 1 aliphatic rings. The first-order valence-electron chi connectivity index (χ1n) is 14.7. The van der Waals surface area contributed by atoms with E-state index in [0.29, 0.717) is 17.1 Å². The van der Waals surface area contributed by atoms with Gasteiger partial charge < -0.3 is 10.0 Å².